The average Bonchev–Trinajstić information content (AvgIpc) is 2.24. The summed E-state index contributed by atoms with van der Waals surface area (Å²) in [5, 5.41) is 19.0. The number of rotatable bonds is 4. The minimum atomic E-state index is -1.39. The second kappa shape index (κ2) is 5.43. The molecule has 1 aromatic rings. The van der Waals surface area contributed by atoms with Crippen molar-refractivity contribution in [3.63, 3.8) is 0 Å². The molecular formula is C10H12ClF2NO2. The Kier molecular flexibility index (Phi) is 4.46. The Morgan fingerprint density at radius 1 is 1.25 bits per heavy atom. The molecule has 0 fully saturated rings. The summed E-state index contributed by atoms with van der Waals surface area (Å²) < 4.78 is 26.1. The molecule has 0 aromatic heterocycles. The molecule has 0 aliphatic heterocycles. The number of alkyl halides is 1. The normalized spacial score (nSPS) is 14.8. The summed E-state index contributed by atoms with van der Waals surface area (Å²) in [7, 11) is 0. The van der Waals surface area contributed by atoms with E-state index in [0.717, 1.165) is 12.1 Å². The van der Waals surface area contributed by atoms with Gasteiger partial charge in [0.05, 0.1) is 6.10 Å². The van der Waals surface area contributed by atoms with Crippen LogP contribution in [0.3, 0.4) is 0 Å². The van der Waals surface area contributed by atoms with Crippen molar-refractivity contribution in [3.05, 3.63) is 29.3 Å². The lowest BCUT2D eigenvalue weighted by Crippen LogP contribution is -2.19. The lowest BCUT2D eigenvalue weighted by Gasteiger charge is -2.17. The Labute approximate surface area is 96.5 Å². The second-order valence-corrected chi connectivity index (χ2v) is 3.77. The average molecular weight is 252 g/mol. The van der Waals surface area contributed by atoms with Gasteiger partial charge in [0.15, 0.2) is 0 Å². The summed E-state index contributed by atoms with van der Waals surface area (Å²) in [5.41, 5.74) is 4.39. The van der Waals surface area contributed by atoms with Crippen molar-refractivity contribution in [2.75, 3.05) is 11.6 Å². The van der Waals surface area contributed by atoms with Crippen molar-refractivity contribution in [3.8, 4) is 0 Å². The molecule has 0 aliphatic carbocycles. The van der Waals surface area contributed by atoms with Gasteiger partial charge in [-0.05, 0) is 24.1 Å². The molecule has 4 N–H and O–H groups in total. The van der Waals surface area contributed by atoms with Gasteiger partial charge in [-0.15, -0.1) is 11.6 Å². The fraction of sp³-hybridized carbons (Fsp3) is 0.400. The van der Waals surface area contributed by atoms with Crippen molar-refractivity contribution < 1.29 is 19.0 Å². The maximum absolute atomic E-state index is 13.1. The number of halogens is 3. The Hall–Kier alpha value is -0.910. The first-order valence-electron chi connectivity index (χ1n) is 4.64. The van der Waals surface area contributed by atoms with E-state index in [1.165, 1.54) is 0 Å². The van der Waals surface area contributed by atoms with Gasteiger partial charge >= 0.3 is 0 Å². The SMILES string of the molecule is Nc1c(F)cc(C(O)C(O)CCCl)cc1F. The highest BCUT2D eigenvalue weighted by molar-refractivity contribution is 6.17. The van der Waals surface area contributed by atoms with Crippen LogP contribution in [0.4, 0.5) is 14.5 Å². The van der Waals surface area contributed by atoms with Gasteiger partial charge in [-0.25, -0.2) is 8.78 Å². The third-order valence-electron chi connectivity index (χ3n) is 2.21. The number of anilines is 1. The molecule has 0 amide bonds. The zero-order chi connectivity index (χ0) is 12.3. The predicted molar refractivity (Wildman–Crippen MR) is 57.1 cm³/mol. The van der Waals surface area contributed by atoms with Crippen molar-refractivity contribution in [1.82, 2.24) is 0 Å². The first-order chi connectivity index (χ1) is 7.47. The number of nitrogen functional groups attached to an aromatic ring is 1. The minimum Gasteiger partial charge on any atom is -0.394 e. The van der Waals surface area contributed by atoms with E-state index in [9.17, 15) is 19.0 Å². The van der Waals surface area contributed by atoms with Gasteiger partial charge in [0.1, 0.15) is 23.4 Å². The van der Waals surface area contributed by atoms with Gasteiger partial charge in [0, 0.05) is 5.88 Å². The Bertz CT molecular complexity index is 353. The highest BCUT2D eigenvalue weighted by atomic mass is 35.5. The molecule has 3 nitrogen and oxygen atoms in total. The predicted octanol–water partition coefficient (Wildman–Crippen LogP) is 1.57. The number of aliphatic hydroxyl groups is 2. The van der Waals surface area contributed by atoms with Crippen LogP contribution in [0.2, 0.25) is 0 Å². The summed E-state index contributed by atoms with van der Waals surface area (Å²) in [6.45, 7) is 0. The summed E-state index contributed by atoms with van der Waals surface area (Å²) in [6.07, 6.45) is -2.43. The van der Waals surface area contributed by atoms with Crippen LogP contribution < -0.4 is 5.73 Å². The summed E-state index contributed by atoms with van der Waals surface area (Å²) >= 11 is 5.38. The van der Waals surface area contributed by atoms with Crippen molar-refractivity contribution in [2.24, 2.45) is 0 Å². The highest BCUT2D eigenvalue weighted by Crippen LogP contribution is 2.24. The van der Waals surface area contributed by atoms with Gasteiger partial charge < -0.3 is 15.9 Å². The third kappa shape index (κ3) is 2.81. The molecule has 0 spiro atoms. The molecule has 0 saturated heterocycles. The fourth-order valence-electron chi connectivity index (χ4n) is 1.27. The van der Waals surface area contributed by atoms with Crippen LogP contribution in [-0.4, -0.2) is 22.2 Å². The third-order valence-corrected chi connectivity index (χ3v) is 2.43. The molecular weight excluding hydrogens is 240 g/mol. The molecule has 0 radical (unpaired) electrons. The molecule has 90 valence electrons. The van der Waals surface area contributed by atoms with Crippen molar-refractivity contribution in [1.29, 1.82) is 0 Å². The van der Waals surface area contributed by atoms with Crippen LogP contribution in [0.1, 0.15) is 18.1 Å². The van der Waals surface area contributed by atoms with E-state index in [1.54, 1.807) is 0 Å². The van der Waals surface area contributed by atoms with E-state index in [1.807, 2.05) is 0 Å². The largest absolute Gasteiger partial charge is 0.394 e. The van der Waals surface area contributed by atoms with Gasteiger partial charge in [-0.3, -0.25) is 0 Å². The number of nitrogens with two attached hydrogens (primary N) is 1. The van der Waals surface area contributed by atoms with Crippen LogP contribution in [0, 0.1) is 11.6 Å². The minimum absolute atomic E-state index is 0.0678. The fourth-order valence-corrected chi connectivity index (χ4v) is 1.49. The van der Waals surface area contributed by atoms with Crippen LogP contribution in [0.25, 0.3) is 0 Å². The molecule has 0 bridgehead atoms. The lowest BCUT2D eigenvalue weighted by molar-refractivity contribution is 0.0167. The molecule has 0 heterocycles. The standard InChI is InChI=1S/C10H12ClF2NO2/c11-2-1-8(15)10(16)5-3-6(12)9(14)7(13)4-5/h3-4,8,10,15-16H,1-2,14H2. The zero-order valence-electron chi connectivity index (χ0n) is 8.33. The Morgan fingerprint density at radius 3 is 2.19 bits per heavy atom. The quantitative estimate of drug-likeness (QED) is 0.562. The summed E-state index contributed by atoms with van der Waals surface area (Å²) in [5.74, 6) is -1.79. The molecule has 1 aromatic carbocycles. The smallest absolute Gasteiger partial charge is 0.149 e. The number of hydrogen-bond acceptors (Lipinski definition) is 3. The molecule has 0 saturated carbocycles. The zero-order valence-corrected chi connectivity index (χ0v) is 9.09. The van der Waals surface area contributed by atoms with Gasteiger partial charge in [0.2, 0.25) is 0 Å². The molecule has 0 aliphatic rings. The van der Waals surface area contributed by atoms with Crippen LogP contribution in [0.5, 0.6) is 0 Å². The second-order valence-electron chi connectivity index (χ2n) is 3.39. The lowest BCUT2D eigenvalue weighted by atomic mass is 10.0. The first kappa shape index (κ1) is 13.2. The Morgan fingerprint density at radius 2 is 1.75 bits per heavy atom. The molecule has 16 heavy (non-hydrogen) atoms. The van der Waals surface area contributed by atoms with Crippen molar-refractivity contribution in [2.45, 2.75) is 18.6 Å². The van der Waals surface area contributed by atoms with Crippen LogP contribution >= 0.6 is 11.6 Å². The molecule has 1 rings (SSSR count). The monoisotopic (exact) mass is 251 g/mol. The van der Waals surface area contributed by atoms with Crippen LogP contribution in [0.15, 0.2) is 12.1 Å². The van der Waals surface area contributed by atoms with E-state index in [4.69, 9.17) is 17.3 Å². The van der Waals surface area contributed by atoms with E-state index < -0.39 is 29.5 Å². The highest BCUT2D eigenvalue weighted by Gasteiger charge is 2.20. The molecule has 6 heteroatoms. The summed E-state index contributed by atoms with van der Waals surface area (Å²) in [4.78, 5) is 0. The number of aliphatic hydroxyl groups excluding tert-OH is 2. The maximum Gasteiger partial charge on any atom is 0.149 e. The van der Waals surface area contributed by atoms with E-state index >= 15 is 0 Å². The first-order valence-corrected chi connectivity index (χ1v) is 5.17. The van der Waals surface area contributed by atoms with Crippen LogP contribution in [-0.2, 0) is 0 Å². The van der Waals surface area contributed by atoms with E-state index in [-0.39, 0.29) is 17.9 Å². The Balaban J connectivity index is 2.96. The van der Waals surface area contributed by atoms with Gasteiger partial charge in [-0.1, -0.05) is 0 Å². The van der Waals surface area contributed by atoms with Crippen molar-refractivity contribution >= 4 is 17.3 Å². The number of hydrogen-bond donors (Lipinski definition) is 3. The number of benzene rings is 1. The summed E-state index contributed by atoms with van der Waals surface area (Å²) in [6, 6.07) is 1.78. The maximum atomic E-state index is 13.1. The van der Waals surface area contributed by atoms with E-state index in [2.05, 4.69) is 0 Å². The van der Waals surface area contributed by atoms with Gasteiger partial charge in [-0.2, -0.15) is 0 Å². The molecule has 2 atom stereocenters. The molecule has 2 unspecified atom stereocenters. The van der Waals surface area contributed by atoms with E-state index in [0.29, 0.717) is 0 Å². The van der Waals surface area contributed by atoms with Gasteiger partial charge in [0.25, 0.3) is 0 Å². The topological polar surface area (TPSA) is 66.5 Å².